The Morgan fingerprint density at radius 3 is 2.62 bits per heavy atom. The zero-order valence-electron chi connectivity index (χ0n) is 15.8. The van der Waals surface area contributed by atoms with Gasteiger partial charge in [0.15, 0.2) is 0 Å². The maximum absolute atomic E-state index is 13.1. The second-order valence-electron chi connectivity index (χ2n) is 6.83. The number of aromatic nitrogens is 2. The molecule has 0 saturated carbocycles. The molecule has 1 aliphatic rings. The van der Waals surface area contributed by atoms with Crippen molar-refractivity contribution in [1.29, 1.82) is 0 Å². The van der Waals surface area contributed by atoms with Crippen LogP contribution in [0.2, 0.25) is 0 Å². The Hall–Kier alpha value is -2.91. The van der Waals surface area contributed by atoms with E-state index in [9.17, 15) is 22.4 Å². The van der Waals surface area contributed by atoms with Gasteiger partial charge in [0.2, 0.25) is 5.95 Å². The van der Waals surface area contributed by atoms with E-state index in [2.05, 4.69) is 15.3 Å². The van der Waals surface area contributed by atoms with Gasteiger partial charge in [0.05, 0.1) is 0 Å². The smallest absolute Gasteiger partial charge is 0.354 e. The molecule has 1 aromatic heterocycles. The molecular weight excluding hydrogens is 390 g/mol. The number of carbonyl (C=O) groups excluding carboxylic acids is 1. The zero-order chi connectivity index (χ0) is 21.0. The first-order chi connectivity index (χ1) is 13.7. The molecule has 1 unspecified atom stereocenters. The number of rotatable bonds is 6. The van der Waals surface area contributed by atoms with Crippen LogP contribution in [0.5, 0.6) is 0 Å². The molecule has 1 fully saturated rings. The van der Waals surface area contributed by atoms with Gasteiger partial charge in [-0.15, -0.1) is 0 Å². The molecule has 6 nitrogen and oxygen atoms in total. The first kappa shape index (κ1) is 20.8. The van der Waals surface area contributed by atoms with E-state index in [-0.39, 0.29) is 12.4 Å². The van der Waals surface area contributed by atoms with Crippen LogP contribution in [-0.2, 0) is 11.2 Å². The third-order valence-electron chi connectivity index (χ3n) is 4.48. The van der Waals surface area contributed by atoms with E-state index >= 15 is 0 Å². The fourth-order valence-corrected chi connectivity index (χ4v) is 3.10. The average molecular weight is 411 g/mol. The number of hydrogen-bond donors (Lipinski definition) is 2. The van der Waals surface area contributed by atoms with Crippen LogP contribution >= 0.6 is 0 Å². The molecule has 156 valence electrons. The number of benzene rings is 1. The van der Waals surface area contributed by atoms with Gasteiger partial charge in [-0.3, -0.25) is 4.79 Å². The van der Waals surface area contributed by atoms with E-state index in [0.29, 0.717) is 36.8 Å². The molecule has 1 aromatic carbocycles. The van der Waals surface area contributed by atoms with Crippen molar-refractivity contribution in [3.63, 3.8) is 0 Å². The lowest BCUT2D eigenvalue weighted by molar-refractivity contribution is -0.174. The second kappa shape index (κ2) is 8.62. The second-order valence-corrected chi connectivity index (χ2v) is 6.83. The van der Waals surface area contributed by atoms with Crippen molar-refractivity contribution in [3.8, 4) is 0 Å². The predicted octanol–water partition coefficient (Wildman–Crippen LogP) is 3.57. The lowest BCUT2D eigenvalue weighted by Crippen LogP contribution is -2.44. The molecule has 2 aromatic rings. The molecule has 1 amide bonds. The van der Waals surface area contributed by atoms with Crippen LogP contribution in [0.25, 0.3) is 0 Å². The average Bonchev–Trinajstić information content (AvgIpc) is 3.12. The Kier molecular flexibility index (Phi) is 6.19. The molecule has 0 aliphatic carbocycles. The van der Waals surface area contributed by atoms with E-state index in [1.54, 1.807) is 18.2 Å². The Bertz CT molecular complexity index is 857. The summed E-state index contributed by atoms with van der Waals surface area (Å²) in [5.74, 6) is -1.41. The molecule has 0 bridgehead atoms. The van der Waals surface area contributed by atoms with Crippen molar-refractivity contribution in [2.75, 3.05) is 23.3 Å². The van der Waals surface area contributed by atoms with Gasteiger partial charge in [-0.05, 0) is 37.1 Å². The first-order valence-corrected chi connectivity index (χ1v) is 9.28. The summed E-state index contributed by atoms with van der Waals surface area (Å²) in [5, 5.41) is 5.04. The lowest BCUT2D eigenvalue weighted by Gasteiger charge is -2.20. The highest BCUT2D eigenvalue weighted by molar-refractivity contribution is 5.82. The molecule has 0 spiro atoms. The standard InChI is InChI=1S/C19H21F4N5O/c1-2-3-14-10-16(27-18(26-14)25-13-6-4-12(20)5-7-13)28-9-8-15(11-28)24-17(29)19(21,22)23/h4-7,10,15H,2-3,8-9,11H2,1H3,(H,24,29)(H,25,26,27). The zero-order valence-corrected chi connectivity index (χ0v) is 15.8. The van der Waals surface area contributed by atoms with Gasteiger partial charge in [-0.1, -0.05) is 13.3 Å². The monoisotopic (exact) mass is 411 g/mol. The minimum Gasteiger partial charge on any atom is -0.354 e. The highest BCUT2D eigenvalue weighted by Crippen LogP contribution is 2.24. The third-order valence-corrected chi connectivity index (χ3v) is 4.48. The van der Waals surface area contributed by atoms with Crippen molar-refractivity contribution in [3.05, 3.63) is 41.8 Å². The minimum absolute atomic E-state index is 0.223. The predicted molar refractivity (Wildman–Crippen MR) is 101 cm³/mol. The van der Waals surface area contributed by atoms with Crippen molar-refractivity contribution < 1.29 is 22.4 Å². The number of halogens is 4. The summed E-state index contributed by atoms with van der Waals surface area (Å²) in [6, 6.07) is 6.93. The van der Waals surface area contributed by atoms with E-state index in [1.807, 2.05) is 17.1 Å². The molecule has 0 radical (unpaired) electrons. The summed E-state index contributed by atoms with van der Waals surface area (Å²) < 4.78 is 50.5. The number of nitrogens with zero attached hydrogens (tertiary/aromatic N) is 3. The molecule has 1 atom stereocenters. The SMILES string of the molecule is CCCc1cc(N2CCC(NC(=O)C(F)(F)F)C2)nc(Nc2ccc(F)cc2)n1. The van der Waals surface area contributed by atoms with Crippen LogP contribution in [0.15, 0.2) is 30.3 Å². The van der Waals surface area contributed by atoms with Gasteiger partial charge in [0.25, 0.3) is 0 Å². The Morgan fingerprint density at radius 2 is 1.97 bits per heavy atom. The molecule has 2 N–H and O–H groups in total. The summed E-state index contributed by atoms with van der Waals surface area (Å²) >= 11 is 0. The summed E-state index contributed by atoms with van der Waals surface area (Å²) in [6.45, 7) is 2.69. The molecule has 29 heavy (non-hydrogen) atoms. The number of hydrogen-bond acceptors (Lipinski definition) is 5. The maximum Gasteiger partial charge on any atom is 0.471 e. The summed E-state index contributed by atoms with van der Waals surface area (Å²) in [5.41, 5.74) is 1.40. The number of aryl methyl sites for hydroxylation is 1. The highest BCUT2D eigenvalue weighted by Gasteiger charge is 2.40. The molecule has 1 saturated heterocycles. The summed E-state index contributed by atoms with van der Waals surface area (Å²) in [7, 11) is 0. The maximum atomic E-state index is 13.1. The fourth-order valence-electron chi connectivity index (χ4n) is 3.10. The van der Waals surface area contributed by atoms with Crippen molar-refractivity contribution in [2.24, 2.45) is 0 Å². The van der Waals surface area contributed by atoms with Crippen LogP contribution in [0, 0.1) is 5.82 Å². The van der Waals surface area contributed by atoms with Crippen LogP contribution in [-0.4, -0.2) is 41.2 Å². The van der Waals surface area contributed by atoms with Crippen molar-refractivity contribution in [2.45, 2.75) is 38.4 Å². The highest BCUT2D eigenvalue weighted by atomic mass is 19.4. The van der Waals surface area contributed by atoms with E-state index < -0.39 is 18.1 Å². The first-order valence-electron chi connectivity index (χ1n) is 9.28. The Balaban J connectivity index is 1.75. The van der Waals surface area contributed by atoms with Crippen LogP contribution in [0.1, 0.15) is 25.5 Å². The van der Waals surface area contributed by atoms with Crippen LogP contribution in [0.4, 0.5) is 35.0 Å². The van der Waals surface area contributed by atoms with Crippen LogP contribution < -0.4 is 15.5 Å². The summed E-state index contributed by atoms with van der Waals surface area (Å²) in [6.07, 6.45) is -2.95. The Labute approximate surface area is 165 Å². The quantitative estimate of drug-likeness (QED) is 0.712. The van der Waals surface area contributed by atoms with Gasteiger partial charge < -0.3 is 15.5 Å². The Morgan fingerprint density at radius 1 is 1.24 bits per heavy atom. The minimum atomic E-state index is -4.90. The van der Waals surface area contributed by atoms with E-state index in [1.165, 1.54) is 12.1 Å². The third kappa shape index (κ3) is 5.55. The van der Waals surface area contributed by atoms with Gasteiger partial charge in [0, 0.05) is 36.6 Å². The van der Waals surface area contributed by atoms with Gasteiger partial charge in [0.1, 0.15) is 11.6 Å². The summed E-state index contributed by atoms with van der Waals surface area (Å²) in [4.78, 5) is 21.9. The number of amides is 1. The number of nitrogens with one attached hydrogen (secondary N) is 2. The van der Waals surface area contributed by atoms with Crippen molar-refractivity contribution in [1.82, 2.24) is 15.3 Å². The molecule has 1 aliphatic heterocycles. The van der Waals surface area contributed by atoms with Crippen LogP contribution in [0.3, 0.4) is 0 Å². The topological polar surface area (TPSA) is 70.2 Å². The molecular formula is C19H21F4N5O. The van der Waals surface area contributed by atoms with Crippen molar-refractivity contribution >= 4 is 23.4 Å². The van der Waals surface area contributed by atoms with E-state index in [0.717, 1.165) is 12.1 Å². The largest absolute Gasteiger partial charge is 0.471 e. The van der Waals surface area contributed by atoms with Gasteiger partial charge in [-0.2, -0.15) is 18.2 Å². The lowest BCUT2D eigenvalue weighted by atomic mass is 10.2. The fraction of sp³-hybridized carbons (Fsp3) is 0.421. The normalized spacial score (nSPS) is 16.7. The number of anilines is 3. The van der Waals surface area contributed by atoms with Gasteiger partial charge >= 0.3 is 12.1 Å². The number of alkyl halides is 3. The van der Waals surface area contributed by atoms with E-state index in [4.69, 9.17) is 0 Å². The molecule has 3 rings (SSSR count). The molecule has 10 heteroatoms. The van der Waals surface area contributed by atoms with Gasteiger partial charge in [-0.25, -0.2) is 9.37 Å². The number of carbonyl (C=O) groups is 1. The molecule has 2 heterocycles.